The van der Waals surface area contributed by atoms with E-state index in [0.717, 1.165) is 32.6 Å². The monoisotopic (exact) mass is 265 g/mol. The molecule has 0 saturated carbocycles. The largest absolute Gasteiger partial charge is 0.381 e. The van der Waals surface area contributed by atoms with Gasteiger partial charge < -0.3 is 10.1 Å². The Bertz CT molecular complexity index is 356. The van der Waals surface area contributed by atoms with Gasteiger partial charge in [-0.2, -0.15) is 0 Å². The molecule has 0 bridgehead atoms. The second-order valence-electron chi connectivity index (χ2n) is 4.65. The summed E-state index contributed by atoms with van der Waals surface area (Å²) in [6.45, 7) is 4.97. The summed E-state index contributed by atoms with van der Waals surface area (Å²) in [7, 11) is 0. The third kappa shape index (κ3) is 4.01. The van der Waals surface area contributed by atoms with E-state index in [2.05, 4.69) is 36.5 Å². The van der Waals surface area contributed by atoms with E-state index in [4.69, 9.17) is 4.74 Å². The molecule has 1 unspecified atom stereocenters. The van der Waals surface area contributed by atoms with E-state index in [1.165, 1.54) is 22.6 Å². The fourth-order valence-corrected chi connectivity index (χ4v) is 3.38. The minimum atomic E-state index is 0.536. The number of ether oxygens (including phenoxy) is 1. The van der Waals surface area contributed by atoms with E-state index >= 15 is 0 Å². The van der Waals surface area contributed by atoms with Crippen LogP contribution in [0.5, 0.6) is 0 Å². The van der Waals surface area contributed by atoms with Gasteiger partial charge in [0.05, 0.1) is 0 Å². The number of thioether (sulfide) groups is 1. The van der Waals surface area contributed by atoms with Crippen molar-refractivity contribution >= 4 is 11.8 Å². The zero-order valence-corrected chi connectivity index (χ0v) is 12.0. The molecule has 0 aliphatic carbocycles. The summed E-state index contributed by atoms with van der Waals surface area (Å²) in [4.78, 5) is 1.45. The molecule has 2 rings (SSSR count). The zero-order chi connectivity index (χ0) is 12.6. The van der Waals surface area contributed by atoms with Crippen LogP contribution in [0.2, 0.25) is 0 Å². The van der Waals surface area contributed by atoms with Gasteiger partial charge in [-0.3, -0.25) is 0 Å². The number of nitrogens with one attached hydrogen (secondary N) is 1. The van der Waals surface area contributed by atoms with Crippen molar-refractivity contribution in [1.29, 1.82) is 0 Å². The predicted molar refractivity (Wildman–Crippen MR) is 78.3 cm³/mol. The summed E-state index contributed by atoms with van der Waals surface area (Å²) in [5.41, 5.74) is 1.48. The van der Waals surface area contributed by atoms with Crippen LogP contribution in [0.15, 0.2) is 29.2 Å². The predicted octanol–water partition coefficient (Wildman–Crippen LogP) is 3.63. The molecule has 1 aromatic rings. The molecule has 18 heavy (non-hydrogen) atoms. The smallest absolute Gasteiger partial charge is 0.0478 e. The van der Waals surface area contributed by atoms with Gasteiger partial charge in [-0.15, -0.1) is 11.8 Å². The van der Waals surface area contributed by atoms with Gasteiger partial charge in [-0.1, -0.05) is 25.1 Å². The second kappa shape index (κ2) is 7.82. The molecule has 0 radical (unpaired) electrons. The number of benzene rings is 1. The first-order valence-electron chi connectivity index (χ1n) is 6.94. The molecule has 0 saturated heterocycles. The van der Waals surface area contributed by atoms with Gasteiger partial charge in [0, 0.05) is 24.2 Å². The van der Waals surface area contributed by atoms with Crippen LogP contribution < -0.4 is 5.32 Å². The number of rotatable bonds is 7. The number of fused-ring (bicyclic) bond motifs is 1. The minimum Gasteiger partial charge on any atom is -0.381 e. The lowest BCUT2D eigenvalue weighted by atomic mass is 10.0. The Morgan fingerprint density at radius 2 is 2.22 bits per heavy atom. The van der Waals surface area contributed by atoms with Crippen molar-refractivity contribution < 1.29 is 4.74 Å². The van der Waals surface area contributed by atoms with Crippen molar-refractivity contribution in [3.05, 3.63) is 29.8 Å². The van der Waals surface area contributed by atoms with Gasteiger partial charge in [0.25, 0.3) is 0 Å². The van der Waals surface area contributed by atoms with Crippen molar-refractivity contribution in [2.24, 2.45) is 0 Å². The molecule has 0 amide bonds. The molecule has 1 aromatic carbocycles. The van der Waals surface area contributed by atoms with E-state index in [1.54, 1.807) is 0 Å². The van der Waals surface area contributed by atoms with Crippen LogP contribution in [-0.2, 0) is 4.74 Å². The van der Waals surface area contributed by atoms with Gasteiger partial charge in [0.1, 0.15) is 0 Å². The summed E-state index contributed by atoms with van der Waals surface area (Å²) in [5.74, 6) is 1.22. The Labute approximate surface area is 114 Å². The maximum atomic E-state index is 5.50. The van der Waals surface area contributed by atoms with Gasteiger partial charge in [-0.05, 0) is 43.2 Å². The van der Waals surface area contributed by atoms with Gasteiger partial charge >= 0.3 is 0 Å². The zero-order valence-electron chi connectivity index (χ0n) is 11.2. The molecular weight excluding hydrogens is 242 g/mol. The van der Waals surface area contributed by atoms with Crippen molar-refractivity contribution in [3.8, 4) is 0 Å². The Morgan fingerprint density at radius 3 is 3.11 bits per heavy atom. The van der Waals surface area contributed by atoms with Crippen molar-refractivity contribution in [3.63, 3.8) is 0 Å². The summed E-state index contributed by atoms with van der Waals surface area (Å²) in [6, 6.07) is 9.30. The highest BCUT2D eigenvalue weighted by Crippen LogP contribution is 2.35. The van der Waals surface area contributed by atoms with Crippen LogP contribution in [0.3, 0.4) is 0 Å². The highest BCUT2D eigenvalue weighted by atomic mass is 32.2. The summed E-state index contributed by atoms with van der Waals surface area (Å²) < 4.78 is 5.50. The first-order valence-corrected chi connectivity index (χ1v) is 7.93. The average molecular weight is 265 g/mol. The molecule has 0 fully saturated rings. The van der Waals surface area contributed by atoms with Crippen LogP contribution >= 0.6 is 11.8 Å². The van der Waals surface area contributed by atoms with Crippen molar-refractivity contribution in [2.75, 3.05) is 25.5 Å². The van der Waals surface area contributed by atoms with E-state index in [9.17, 15) is 0 Å². The van der Waals surface area contributed by atoms with E-state index in [-0.39, 0.29) is 0 Å². The summed E-state index contributed by atoms with van der Waals surface area (Å²) in [6.07, 6.45) is 3.45. The van der Waals surface area contributed by atoms with Crippen LogP contribution in [-0.4, -0.2) is 25.5 Å². The Balaban J connectivity index is 1.74. The Hall–Kier alpha value is -0.510. The molecule has 1 aliphatic rings. The first kappa shape index (κ1) is 13.9. The lowest BCUT2D eigenvalue weighted by Crippen LogP contribution is -2.26. The van der Waals surface area contributed by atoms with Crippen molar-refractivity contribution in [2.45, 2.75) is 37.1 Å². The van der Waals surface area contributed by atoms with Crippen LogP contribution in [0.25, 0.3) is 0 Å². The summed E-state index contributed by atoms with van der Waals surface area (Å²) >= 11 is 1.98. The molecule has 1 atom stereocenters. The fourth-order valence-electron chi connectivity index (χ4n) is 2.25. The maximum Gasteiger partial charge on any atom is 0.0478 e. The van der Waals surface area contributed by atoms with Crippen LogP contribution in [0.4, 0.5) is 0 Å². The fraction of sp³-hybridized carbons (Fsp3) is 0.600. The van der Waals surface area contributed by atoms with E-state index in [0.29, 0.717) is 6.04 Å². The van der Waals surface area contributed by atoms with Crippen molar-refractivity contribution in [1.82, 2.24) is 5.32 Å². The van der Waals surface area contributed by atoms with Crippen LogP contribution in [0.1, 0.15) is 37.8 Å². The number of hydrogen-bond acceptors (Lipinski definition) is 3. The molecule has 3 heteroatoms. The quantitative estimate of drug-likeness (QED) is 0.761. The second-order valence-corrected chi connectivity index (χ2v) is 5.78. The normalized spacial score (nSPS) is 18.6. The lowest BCUT2D eigenvalue weighted by molar-refractivity contribution is 0.131. The standard InChI is InChI=1S/C15H23NOS/c1-2-10-17-11-5-9-16-14-8-12-18-15-7-4-3-6-13(14)15/h3-4,6-7,14,16H,2,5,8-12H2,1H3. The van der Waals surface area contributed by atoms with Crippen LogP contribution in [0, 0.1) is 0 Å². The highest BCUT2D eigenvalue weighted by Gasteiger charge is 2.18. The van der Waals surface area contributed by atoms with Gasteiger partial charge in [0.2, 0.25) is 0 Å². The van der Waals surface area contributed by atoms with Gasteiger partial charge in [-0.25, -0.2) is 0 Å². The Morgan fingerprint density at radius 1 is 1.33 bits per heavy atom. The maximum absolute atomic E-state index is 5.50. The third-order valence-corrected chi connectivity index (χ3v) is 4.29. The molecule has 100 valence electrons. The molecule has 2 nitrogen and oxygen atoms in total. The minimum absolute atomic E-state index is 0.536. The third-order valence-electron chi connectivity index (χ3n) is 3.16. The first-order chi connectivity index (χ1) is 8.92. The molecule has 0 aromatic heterocycles. The van der Waals surface area contributed by atoms with E-state index in [1.807, 2.05) is 11.8 Å². The van der Waals surface area contributed by atoms with Gasteiger partial charge in [0.15, 0.2) is 0 Å². The molecule has 0 spiro atoms. The topological polar surface area (TPSA) is 21.3 Å². The number of hydrogen-bond donors (Lipinski definition) is 1. The highest BCUT2D eigenvalue weighted by molar-refractivity contribution is 7.99. The SMILES string of the molecule is CCCOCCCNC1CCSc2ccccc21. The average Bonchev–Trinajstić information content (AvgIpc) is 2.43. The lowest BCUT2D eigenvalue weighted by Gasteiger charge is -2.26. The molecule has 1 aliphatic heterocycles. The van der Waals surface area contributed by atoms with E-state index < -0.39 is 0 Å². The molecular formula is C15H23NOS. The Kier molecular flexibility index (Phi) is 6.05. The molecule has 1 N–H and O–H groups in total. The molecule has 1 heterocycles. The summed E-state index contributed by atoms with van der Waals surface area (Å²) in [5, 5.41) is 3.66.